The minimum Gasteiger partial charge on any atom is -0.384 e. The van der Waals surface area contributed by atoms with Gasteiger partial charge in [0, 0.05) is 44.0 Å². The number of hydrogen-bond donors (Lipinski definition) is 1. The molecule has 0 aromatic carbocycles. The molecule has 184 valence electrons. The molecule has 0 radical (unpaired) electrons. The van der Waals surface area contributed by atoms with Gasteiger partial charge in [-0.15, -0.1) is 0 Å². The van der Waals surface area contributed by atoms with Crippen LogP contribution in [0.3, 0.4) is 0 Å². The number of rotatable bonds is 3. The maximum absolute atomic E-state index is 13.9. The van der Waals surface area contributed by atoms with Crippen LogP contribution in [0.25, 0.3) is 11.3 Å². The lowest BCUT2D eigenvalue weighted by molar-refractivity contribution is -0.137. The van der Waals surface area contributed by atoms with E-state index in [2.05, 4.69) is 9.97 Å². The Balaban J connectivity index is 1.59. The summed E-state index contributed by atoms with van der Waals surface area (Å²) in [5, 5.41) is 0. The molecule has 5 rings (SSSR count). The Bertz CT molecular complexity index is 1030. The van der Waals surface area contributed by atoms with Gasteiger partial charge in [0.25, 0.3) is 0 Å². The van der Waals surface area contributed by atoms with Crippen LogP contribution in [-0.4, -0.2) is 78.8 Å². The highest BCUT2D eigenvalue weighted by atomic mass is 19.4. The lowest BCUT2D eigenvalue weighted by Crippen LogP contribution is -2.46. The van der Waals surface area contributed by atoms with Crippen LogP contribution >= 0.6 is 0 Å². The number of nitrogens with zero attached hydrogens (tertiary/aromatic N) is 5. The highest BCUT2D eigenvalue weighted by Crippen LogP contribution is 2.38. The summed E-state index contributed by atoms with van der Waals surface area (Å²) in [6.45, 7) is 7.04. The van der Waals surface area contributed by atoms with Crippen LogP contribution in [0.4, 0.5) is 30.8 Å². The van der Waals surface area contributed by atoms with Crippen molar-refractivity contribution in [2.45, 2.75) is 44.4 Å². The fraction of sp³-hybridized carbons (Fsp3) is 0.591. The molecule has 0 saturated carbocycles. The predicted molar refractivity (Wildman–Crippen MR) is 119 cm³/mol. The van der Waals surface area contributed by atoms with E-state index in [4.69, 9.17) is 24.9 Å². The highest BCUT2D eigenvalue weighted by molar-refractivity contribution is 5.69. The van der Waals surface area contributed by atoms with Crippen LogP contribution in [0.5, 0.6) is 0 Å². The van der Waals surface area contributed by atoms with Crippen molar-refractivity contribution in [1.82, 2.24) is 15.0 Å². The van der Waals surface area contributed by atoms with Crippen LogP contribution in [0.15, 0.2) is 18.3 Å². The van der Waals surface area contributed by atoms with E-state index >= 15 is 0 Å². The lowest BCUT2D eigenvalue weighted by Gasteiger charge is -2.36. The standard InChI is InChI=1S/C22H27F3N6O3/c1-12-8-30(9-13(2)34-12)20-6-16(14-7-27-19(26)5-15(14)22(23,24)25)28-21(29-20)31-10-17-18(11-31)33-4-3-32-17/h5-7,12-13,17-18H,3-4,8-11H2,1-2H3,(H2,26,27)/t12-,13+,17-,18+. The molecule has 0 aliphatic carbocycles. The summed E-state index contributed by atoms with van der Waals surface area (Å²) in [5.41, 5.74) is 4.67. The Labute approximate surface area is 195 Å². The second-order valence-electron chi connectivity index (χ2n) is 8.95. The molecule has 2 aromatic heterocycles. The first kappa shape index (κ1) is 23.1. The fourth-order valence-corrected chi connectivity index (χ4v) is 4.76. The molecule has 0 unspecified atom stereocenters. The van der Waals surface area contributed by atoms with Gasteiger partial charge in [0.05, 0.1) is 36.7 Å². The summed E-state index contributed by atoms with van der Waals surface area (Å²) in [6, 6.07) is 2.41. The van der Waals surface area contributed by atoms with E-state index in [1.807, 2.05) is 23.6 Å². The van der Waals surface area contributed by atoms with Crippen LogP contribution in [-0.2, 0) is 20.4 Å². The third-order valence-electron chi connectivity index (χ3n) is 6.20. The van der Waals surface area contributed by atoms with E-state index in [1.165, 1.54) is 0 Å². The molecule has 12 heteroatoms. The van der Waals surface area contributed by atoms with Crippen molar-refractivity contribution in [2.75, 3.05) is 54.9 Å². The summed E-state index contributed by atoms with van der Waals surface area (Å²) >= 11 is 0. The van der Waals surface area contributed by atoms with Gasteiger partial charge in [0.2, 0.25) is 5.95 Å². The number of hydrogen-bond acceptors (Lipinski definition) is 9. The van der Waals surface area contributed by atoms with Crippen LogP contribution < -0.4 is 15.5 Å². The maximum Gasteiger partial charge on any atom is 0.417 e. The van der Waals surface area contributed by atoms with E-state index < -0.39 is 11.7 Å². The quantitative estimate of drug-likeness (QED) is 0.710. The minimum atomic E-state index is -4.62. The molecular formula is C22H27F3N6O3. The Morgan fingerprint density at radius 3 is 2.21 bits per heavy atom. The summed E-state index contributed by atoms with van der Waals surface area (Å²) in [7, 11) is 0. The van der Waals surface area contributed by atoms with Crippen molar-refractivity contribution < 1.29 is 27.4 Å². The smallest absolute Gasteiger partial charge is 0.384 e. The molecule has 9 nitrogen and oxygen atoms in total. The van der Waals surface area contributed by atoms with Crippen molar-refractivity contribution in [3.63, 3.8) is 0 Å². The van der Waals surface area contributed by atoms with E-state index in [-0.39, 0.29) is 41.5 Å². The molecular weight excluding hydrogens is 453 g/mol. The normalized spacial score (nSPS) is 27.7. The molecule has 3 aliphatic heterocycles. The van der Waals surface area contributed by atoms with Crippen LogP contribution in [0.2, 0.25) is 0 Å². The third-order valence-corrected chi connectivity index (χ3v) is 6.20. The van der Waals surface area contributed by atoms with Gasteiger partial charge in [-0.25, -0.2) is 9.97 Å². The molecule has 2 aromatic rings. The van der Waals surface area contributed by atoms with Gasteiger partial charge >= 0.3 is 6.18 Å². The summed E-state index contributed by atoms with van der Waals surface area (Å²) < 4.78 is 59.1. The Morgan fingerprint density at radius 2 is 1.59 bits per heavy atom. The van der Waals surface area contributed by atoms with E-state index in [9.17, 15) is 13.2 Å². The lowest BCUT2D eigenvalue weighted by atomic mass is 10.1. The van der Waals surface area contributed by atoms with Crippen LogP contribution in [0.1, 0.15) is 19.4 Å². The molecule has 0 amide bonds. The summed E-state index contributed by atoms with van der Waals surface area (Å²) in [4.78, 5) is 17.1. The number of aromatic nitrogens is 3. The molecule has 4 atom stereocenters. The van der Waals surface area contributed by atoms with E-state index in [0.717, 1.165) is 12.3 Å². The maximum atomic E-state index is 13.9. The van der Waals surface area contributed by atoms with Gasteiger partial charge < -0.3 is 29.7 Å². The SMILES string of the molecule is C[C@@H]1CN(c2cc(-c3cnc(N)cc3C(F)(F)F)nc(N3C[C@@H]4OCCO[C@@H]4C3)n2)C[C@H](C)O1. The van der Waals surface area contributed by atoms with Crippen LogP contribution in [0, 0.1) is 0 Å². The van der Waals surface area contributed by atoms with Crippen molar-refractivity contribution in [1.29, 1.82) is 0 Å². The molecule has 34 heavy (non-hydrogen) atoms. The summed E-state index contributed by atoms with van der Waals surface area (Å²) in [6.07, 6.45) is -3.86. The number of morpholine rings is 1. The zero-order valence-electron chi connectivity index (χ0n) is 19.0. The average molecular weight is 480 g/mol. The molecule has 3 fully saturated rings. The number of anilines is 3. The number of nitrogen functional groups attached to an aromatic ring is 1. The number of ether oxygens (including phenoxy) is 3. The third kappa shape index (κ3) is 4.62. The van der Waals surface area contributed by atoms with Gasteiger partial charge in [-0.2, -0.15) is 18.2 Å². The Hall–Kier alpha value is -2.70. The topological polar surface area (TPSA) is 98.9 Å². The number of pyridine rings is 1. The number of halogens is 3. The number of alkyl halides is 3. The number of fused-ring (bicyclic) bond motifs is 1. The second kappa shape index (κ2) is 8.82. The molecule has 3 saturated heterocycles. The number of nitrogens with two attached hydrogens (primary N) is 1. The van der Waals surface area contributed by atoms with Gasteiger partial charge in [-0.3, -0.25) is 0 Å². The average Bonchev–Trinajstić information content (AvgIpc) is 3.22. The van der Waals surface area contributed by atoms with Crippen molar-refractivity contribution in [3.05, 3.63) is 23.9 Å². The van der Waals surface area contributed by atoms with Crippen molar-refractivity contribution in [3.8, 4) is 11.3 Å². The van der Waals surface area contributed by atoms with E-state index in [0.29, 0.717) is 51.2 Å². The van der Waals surface area contributed by atoms with E-state index in [1.54, 1.807) is 6.07 Å². The van der Waals surface area contributed by atoms with Gasteiger partial charge in [-0.05, 0) is 19.9 Å². The minimum absolute atomic E-state index is 0.0500. The first-order valence-electron chi connectivity index (χ1n) is 11.3. The monoisotopic (exact) mass is 480 g/mol. The summed E-state index contributed by atoms with van der Waals surface area (Å²) in [5.74, 6) is 0.647. The largest absolute Gasteiger partial charge is 0.417 e. The van der Waals surface area contributed by atoms with Gasteiger partial charge in [-0.1, -0.05) is 0 Å². The molecule has 3 aliphatic rings. The molecule has 5 heterocycles. The van der Waals surface area contributed by atoms with Crippen molar-refractivity contribution in [2.24, 2.45) is 0 Å². The zero-order valence-corrected chi connectivity index (χ0v) is 19.0. The Morgan fingerprint density at radius 1 is 0.941 bits per heavy atom. The van der Waals surface area contributed by atoms with Crippen molar-refractivity contribution >= 4 is 17.6 Å². The second-order valence-corrected chi connectivity index (χ2v) is 8.95. The molecule has 0 spiro atoms. The molecule has 2 N–H and O–H groups in total. The Kier molecular flexibility index (Phi) is 5.98. The molecule has 0 bridgehead atoms. The predicted octanol–water partition coefficient (Wildman–Crippen LogP) is 2.36. The van der Waals surface area contributed by atoms with Gasteiger partial charge in [0.15, 0.2) is 0 Å². The highest BCUT2D eigenvalue weighted by Gasteiger charge is 2.39. The fourth-order valence-electron chi connectivity index (χ4n) is 4.76. The first-order valence-corrected chi connectivity index (χ1v) is 11.3. The zero-order chi connectivity index (χ0) is 24.0. The van der Waals surface area contributed by atoms with Gasteiger partial charge in [0.1, 0.15) is 23.8 Å². The first-order chi connectivity index (χ1) is 16.2.